The normalized spacial score (nSPS) is 18.1. The van der Waals surface area contributed by atoms with Gasteiger partial charge in [-0.05, 0) is 12.8 Å². The molecule has 0 radical (unpaired) electrons. The molecule has 1 rings (SSSR count). The van der Waals surface area contributed by atoms with Crippen LogP contribution in [-0.2, 0) is 10.2 Å². The third kappa shape index (κ3) is 3.22. The predicted molar refractivity (Wildman–Crippen MR) is 49.4 cm³/mol. The van der Waals surface area contributed by atoms with E-state index in [0.717, 1.165) is 12.8 Å². The monoisotopic (exact) mass is 208 g/mol. The second kappa shape index (κ2) is 4.36. The first-order valence-electron chi connectivity index (χ1n) is 4.48. The first-order valence-corrected chi connectivity index (χ1v) is 5.92. The minimum absolute atomic E-state index is 0.123. The number of nitrogens with zero attached hydrogens (tertiary/aromatic N) is 1. The van der Waals surface area contributed by atoms with E-state index in [1.807, 2.05) is 0 Å². The Morgan fingerprint density at radius 2 is 2.15 bits per heavy atom. The van der Waals surface area contributed by atoms with Gasteiger partial charge in [-0.1, -0.05) is 6.92 Å². The molecule has 0 amide bonds. The Bertz CT molecular complexity index is 248. The Kier molecular flexibility index (Phi) is 3.66. The molecule has 0 aromatic carbocycles. The minimum atomic E-state index is -3.35. The van der Waals surface area contributed by atoms with Gasteiger partial charge in [-0.3, -0.25) is 0 Å². The second-order valence-electron chi connectivity index (χ2n) is 3.11. The van der Waals surface area contributed by atoms with Gasteiger partial charge < -0.3 is 5.11 Å². The summed E-state index contributed by atoms with van der Waals surface area (Å²) in [7, 11) is -3.35. The van der Waals surface area contributed by atoms with E-state index in [2.05, 4.69) is 4.72 Å². The van der Waals surface area contributed by atoms with Gasteiger partial charge in [-0.2, -0.15) is 17.4 Å². The summed E-state index contributed by atoms with van der Waals surface area (Å²) in [5.74, 6) is 0. The molecule has 0 aliphatic heterocycles. The van der Waals surface area contributed by atoms with Gasteiger partial charge in [0.25, 0.3) is 10.2 Å². The molecule has 1 saturated carbocycles. The summed E-state index contributed by atoms with van der Waals surface area (Å²) in [6.45, 7) is 2.17. The van der Waals surface area contributed by atoms with Gasteiger partial charge in [0.15, 0.2) is 0 Å². The topological polar surface area (TPSA) is 69.6 Å². The number of aliphatic hydroxyl groups excluding tert-OH is 1. The van der Waals surface area contributed by atoms with Gasteiger partial charge in [0.05, 0.1) is 6.61 Å². The lowest BCUT2D eigenvalue weighted by Crippen LogP contribution is -2.42. The summed E-state index contributed by atoms with van der Waals surface area (Å²) in [6.07, 6.45) is 1.85. The molecule has 1 aliphatic rings. The molecule has 0 atom stereocenters. The first kappa shape index (κ1) is 10.9. The van der Waals surface area contributed by atoms with Crippen molar-refractivity contribution in [1.82, 2.24) is 9.03 Å². The molecule has 2 N–H and O–H groups in total. The van der Waals surface area contributed by atoms with Gasteiger partial charge in [-0.15, -0.1) is 0 Å². The number of hydrogen-bond acceptors (Lipinski definition) is 3. The van der Waals surface area contributed by atoms with Crippen molar-refractivity contribution in [3.8, 4) is 0 Å². The Balaban J connectivity index is 2.52. The molecule has 1 fully saturated rings. The second-order valence-corrected chi connectivity index (χ2v) is 4.81. The lowest BCUT2D eigenvalue weighted by Gasteiger charge is -2.19. The molecule has 0 unspecified atom stereocenters. The van der Waals surface area contributed by atoms with E-state index in [4.69, 9.17) is 5.11 Å². The highest BCUT2D eigenvalue weighted by atomic mass is 32.2. The lowest BCUT2D eigenvalue weighted by molar-refractivity contribution is 0.256. The van der Waals surface area contributed by atoms with Crippen LogP contribution in [0.4, 0.5) is 0 Å². The van der Waals surface area contributed by atoms with E-state index in [9.17, 15) is 8.42 Å². The summed E-state index contributed by atoms with van der Waals surface area (Å²) in [5.41, 5.74) is 0. The van der Waals surface area contributed by atoms with Crippen LogP contribution in [0, 0.1) is 0 Å². The zero-order valence-electron chi connectivity index (χ0n) is 7.73. The highest BCUT2D eigenvalue weighted by molar-refractivity contribution is 7.87. The van der Waals surface area contributed by atoms with E-state index in [1.165, 1.54) is 4.31 Å². The van der Waals surface area contributed by atoms with Crippen LogP contribution in [0.25, 0.3) is 0 Å². The van der Waals surface area contributed by atoms with Crippen molar-refractivity contribution in [2.75, 3.05) is 19.7 Å². The number of likely N-dealkylation sites (N-methyl/N-ethyl adjacent to an activating group) is 1. The molecule has 0 spiro atoms. The van der Waals surface area contributed by atoms with Crippen LogP contribution in [-0.4, -0.2) is 43.6 Å². The highest BCUT2D eigenvalue weighted by Gasteiger charge is 2.29. The molecule has 0 aromatic rings. The van der Waals surface area contributed by atoms with Crippen molar-refractivity contribution < 1.29 is 13.5 Å². The maximum Gasteiger partial charge on any atom is 0.279 e. The maximum atomic E-state index is 11.5. The number of rotatable bonds is 6. The zero-order chi connectivity index (χ0) is 9.90. The zero-order valence-corrected chi connectivity index (χ0v) is 8.55. The Hall–Kier alpha value is -0.170. The first-order chi connectivity index (χ1) is 6.10. The summed E-state index contributed by atoms with van der Waals surface area (Å²) < 4.78 is 26.8. The fourth-order valence-electron chi connectivity index (χ4n) is 1.05. The highest BCUT2D eigenvalue weighted by Crippen LogP contribution is 2.20. The van der Waals surface area contributed by atoms with Crippen LogP contribution >= 0.6 is 0 Å². The van der Waals surface area contributed by atoms with E-state index in [0.29, 0.717) is 6.54 Å². The van der Waals surface area contributed by atoms with Gasteiger partial charge in [-0.25, -0.2) is 0 Å². The molecule has 13 heavy (non-hydrogen) atoms. The molecule has 78 valence electrons. The van der Waals surface area contributed by atoms with Gasteiger partial charge in [0, 0.05) is 19.1 Å². The SMILES string of the molecule is CCN(CCO)S(=O)(=O)NC1CC1. The molecule has 5 nitrogen and oxygen atoms in total. The molecular formula is C7H16N2O3S. The lowest BCUT2D eigenvalue weighted by atomic mass is 10.6. The standard InChI is InChI=1S/C7H16N2O3S/c1-2-9(5-6-10)13(11,12)8-7-3-4-7/h7-8,10H,2-6H2,1H3. The van der Waals surface area contributed by atoms with Crippen LogP contribution in [0.2, 0.25) is 0 Å². The van der Waals surface area contributed by atoms with Crippen molar-refractivity contribution in [1.29, 1.82) is 0 Å². The average molecular weight is 208 g/mol. The number of aliphatic hydroxyl groups is 1. The fraction of sp³-hybridized carbons (Fsp3) is 1.00. The number of hydrogen-bond donors (Lipinski definition) is 2. The van der Waals surface area contributed by atoms with Gasteiger partial charge in [0.1, 0.15) is 0 Å². The third-order valence-corrected chi connectivity index (χ3v) is 3.69. The van der Waals surface area contributed by atoms with Gasteiger partial charge in [0.2, 0.25) is 0 Å². The maximum absolute atomic E-state index is 11.5. The largest absolute Gasteiger partial charge is 0.395 e. The van der Waals surface area contributed by atoms with E-state index < -0.39 is 10.2 Å². The van der Waals surface area contributed by atoms with Crippen LogP contribution < -0.4 is 4.72 Å². The smallest absolute Gasteiger partial charge is 0.279 e. The molecule has 0 saturated heterocycles. The molecule has 1 aliphatic carbocycles. The quantitative estimate of drug-likeness (QED) is 0.606. The summed E-state index contributed by atoms with van der Waals surface area (Å²) >= 11 is 0. The third-order valence-electron chi connectivity index (χ3n) is 1.93. The Morgan fingerprint density at radius 1 is 1.54 bits per heavy atom. The van der Waals surface area contributed by atoms with E-state index in [1.54, 1.807) is 6.92 Å². The molecule has 0 bridgehead atoms. The van der Waals surface area contributed by atoms with Crippen molar-refractivity contribution in [2.45, 2.75) is 25.8 Å². The van der Waals surface area contributed by atoms with Crippen LogP contribution in [0.5, 0.6) is 0 Å². The van der Waals surface area contributed by atoms with E-state index in [-0.39, 0.29) is 19.2 Å². The Morgan fingerprint density at radius 3 is 2.54 bits per heavy atom. The van der Waals surface area contributed by atoms with Crippen molar-refractivity contribution >= 4 is 10.2 Å². The Labute approximate surface area is 78.9 Å². The summed E-state index contributed by atoms with van der Waals surface area (Å²) in [5, 5.41) is 8.65. The van der Waals surface area contributed by atoms with Crippen LogP contribution in [0.1, 0.15) is 19.8 Å². The predicted octanol–water partition coefficient (Wildman–Crippen LogP) is -0.703. The van der Waals surface area contributed by atoms with Crippen LogP contribution in [0.3, 0.4) is 0 Å². The molecule has 6 heteroatoms. The molecule has 0 aromatic heterocycles. The van der Waals surface area contributed by atoms with Crippen LogP contribution in [0.15, 0.2) is 0 Å². The molecule has 0 heterocycles. The van der Waals surface area contributed by atoms with Crippen molar-refractivity contribution in [3.63, 3.8) is 0 Å². The average Bonchev–Trinajstić information content (AvgIpc) is 2.82. The fourth-order valence-corrected chi connectivity index (χ4v) is 2.51. The summed E-state index contributed by atoms with van der Waals surface area (Å²) in [6, 6.07) is 0.123. The van der Waals surface area contributed by atoms with Gasteiger partial charge >= 0.3 is 0 Å². The summed E-state index contributed by atoms with van der Waals surface area (Å²) in [4.78, 5) is 0. The van der Waals surface area contributed by atoms with Crippen molar-refractivity contribution in [3.05, 3.63) is 0 Å². The van der Waals surface area contributed by atoms with E-state index >= 15 is 0 Å². The molecular weight excluding hydrogens is 192 g/mol. The van der Waals surface area contributed by atoms with Crippen molar-refractivity contribution in [2.24, 2.45) is 0 Å². The number of nitrogens with one attached hydrogen (secondary N) is 1. The minimum Gasteiger partial charge on any atom is -0.395 e.